The summed E-state index contributed by atoms with van der Waals surface area (Å²) in [6.07, 6.45) is 21.9. The Bertz CT molecular complexity index is 231. The number of hydrogen-bond donors (Lipinski definition) is 1. The van der Waals surface area contributed by atoms with E-state index in [-0.39, 0.29) is 59.1 Å². The topological polar surface area (TPSA) is 43.1 Å². The standard InChI is InChI=1S/C18H39NOS.2Na/c1-2-3-4-5-6-7-8-9-10-11-12-13-14-15-16-17-18-21(19)20;;/h2-19H2,1H3;;. The number of rotatable bonds is 17. The van der Waals surface area contributed by atoms with E-state index in [1.807, 2.05) is 0 Å². The van der Waals surface area contributed by atoms with Crippen LogP contribution >= 0.6 is 0 Å². The van der Waals surface area contributed by atoms with Crippen LogP contribution in [0.2, 0.25) is 0 Å². The maximum absolute atomic E-state index is 10.7. The van der Waals surface area contributed by atoms with Crippen molar-refractivity contribution in [3.8, 4) is 0 Å². The Labute approximate surface area is 193 Å². The minimum atomic E-state index is -1.08. The van der Waals surface area contributed by atoms with E-state index in [1.54, 1.807) is 0 Å². The average Bonchev–Trinajstić information content (AvgIpc) is 2.46. The predicted octanol–water partition coefficient (Wildman–Crippen LogP) is 5.11. The molecule has 0 aliphatic rings. The van der Waals surface area contributed by atoms with Crippen molar-refractivity contribution in [2.75, 3.05) is 5.75 Å². The third-order valence-electron chi connectivity index (χ3n) is 4.20. The fraction of sp³-hybridized carbons (Fsp3) is 1.00. The molecule has 5 heteroatoms. The van der Waals surface area contributed by atoms with E-state index in [0.717, 1.165) is 6.42 Å². The van der Waals surface area contributed by atoms with E-state index in [1.165, 1.54) is 96.3 Å². The van der Waals surface area contributed by atoms with Crippen molar-refractivity contribution in [3.05, 3.63) is 0 Å². The molecule has 23 heavy (non-hydrogen) atoms. The molecule has 0 heterocycles. The number of nitrogens with two attached hydrogens (primary N) is 1. The van der Waals surface area contributed by atoms with E-state index in [4.69, 9.17) is 5.14 Å². The van der Waals surface area contributed by atoms with Crippen molar-refractivity contribution in [2.24, 2.45) is 5.14 Å². The quantitative estimate of drug-likeness (QED) is 0.283. The van der Waals surface area contributed by atoms with Crippen LogP contribution in [-0.2, 0) is 11.0 Å². The zero-order valence-electron chi connectivity index (χ0n) is 16.4. The fourth-order valence-corrected chi connectivity index (χ4v) is 3.28. The van der Waals surface area contributed by atoms with Gasteiger partial charge >= 0.3 is 0 Å². The van der Waals surface area contributed by atoms with Gasteiger partial charge in [0.2, 0.25) is 0 Å². The second-order valence-corrected chi connectivity index (χ2v) is 7.56. The molecule has 2 nitrogen and oxygen atoms in total. The van der Waals surface area contributed by atoms with Crippen LogP contribution in [-0.4, -0.2) is 69.1 Å². The van der Waals surface area contributed by atoms with Crippen molar-refractivity contribution < 1.29 is 4.21 Å². The summed E-state index contributed by atoms with van der Waals surface area (Å²) < 4.78 is 10.7. The van der Waals surface area contributed by atoms with Gasteiger partial charge in [0, 0.05) is 64.9 Å². The summed E-state index contributed by atoms with van der Waals surface area (Å²) in [5, 5.41) is 5.23. The van der Waals surface area contributed by atoms with Crippen LogP contribution < -0.4 is 5.14 Å². The summed E-state index contributed by atoms with van der Waals surface area (Å²) >= 11 is 0. The molecule has 0 spiro atoms. The molecular formula is C18H39NNa2OS. The molecule has 0 aromatic heterocycles. The van der Waals surface area contributed by atoms with Crippen LogP contribution in [0.4, 0.5) is 0 Å². The molecule has 130 valence electrons. The van der Waals surface area contributed by atoms with Gasteiger partial charge in [0.05, 0.1) is 11.0 Å². The van der Waals surface area contributed by atoms with Crippen molar-refractivity contribution in [1.29, 1.82) is 0 Å². The van der Waals surface area contributed by atoms with Crippen molar-refractivity contribution in [2.45, 2.75) is 110 Å². The summed E-state index contributed by atoms with van der Waals surface area (Å²) in [6, 6.07) is 0. The van der Waals surface area contributed by atoms with Gasteiger partial charge in [-0.2, -0.15) is 0 Å². The van der Waals surface area contributed by atoms with Crippen LogP contribution in [0.5, 0.6) is 0 Å². The van der Waals surface area contributed by atoms with Crippen LogP contribution in [0.1, 0.15) is 110 Å². The monoisotopic (exact) mass is 363 g/mol. The largest absolute Gasteiger partial charge is 0.252 e. The minimum Gasteiger partial charge on any atom is -0.252 e. The molecule has 0 aromatic rings. The molecule has 0 saturated carbocycles. The van der Waals surface area contributed by atoms with Crippen molar-refractivity contribution in [3.63, 3.8) is 0 Å². The first-order valence-corrected chi connectivity index (χ1v) is 10.8. The first kappa shape index (κ1) is 29.9. The smallest absolute Gasteiger partial charge is 0.0887 e. The first-order chi connectivity index (χ1) is 10.3. The average molecular weight is 364 g/mol. The SMILES string of the molecule is CCCCCCCCCCCCCCCCCCS(N)=O.[Na].[Na]. The van der Waals surface area contributed by atoms with Gasteiger partial charge in [-0.1, -0.05) is 103 Å². The zero-order chi connectivity index (χ0) is 15.6. The van der Waals surface area contributed by atoms with E-state index in [0.29, 0.717) is 5.75 Å². The Hall–Kier alpha value is 2.11. The summed E-state index contributed by atoms with van der Waals surface area (Å²) in [5.74, 6) is 0.679. The molecule has 0 aliphatic heterocycles. The van der Waals surface area contributed by atoms with Gasteiger partial charge in [-0.25, -0.2) is 4.21 Å². The summed E-state index contributed by atoms with van der Waals surface area (Å²) in [5.41, 5.74) is 0. The molecule has 2 radical (unpaired) electrons. The Morgan fingerprint density at radius 1 is 0.565 bits per heavy atom. The molecule has 1 atom stereocenters. The van der Waals surface area contributed by atoms with E-state index in [9.17, 15) is 4.21 Å². The zero-order valence-corrected chi connectivity index (χ0v) is 21.2. The second kappa shape index (κ2) is 26.3. The maximum Gasteiger partial charge on any atom is 0.0887 e. The van der Waals surface area contributed by atoms with Gasteiger partial charge in [-0.15, -0.1) is 0 Å². The molecule has 0 aliphatic carbocycles. The third kappa shape index (κ3) is 29.1. The van der Waals surface area contributed by atoms with Crippen LogP contribution in [0, 0.1) is 0 Å². The maximum atomic E-state index is 10.7. The van der Waals surface area contributed by atoms with Crippen LogP contribution in [0.3, 0.4) is 0 Å². The molecular weight excluding hydrogens is 324 g/mol. The summed E-state index contributed by atoms with van der Waals surface area (Å²) in [4.78, 5) is 0. The first-order valence-electron chi connectivity index (χ1n) is 9.40. The van der Waals surface area contributed by atoms with Crippen molar-refractivity contribution >= 4 is 70.1 Å². The Morgan fingerprint density at radius 2 is 0.826 bits per heavy atom. The summed E-state index contributed by atoms with van der Waals surface area (Å²) in [7, 11) is -1.08. The van der Waals surface area contributed by atoms with Crippen LogP contribution in [0.25, 0.3) is 0 Å². The van der Waals surface area contributed by atoms with E-state index in [2.05, 4.69) is 6.92 Å². The van der Waals surface area contributed by atoms with Crippen molar-refractivity contribution in [1.82, 2.24) is 0 Å². The molecule has 0 bridgehead atoms. The second-order valence-electron chi connectivity index (χ2n) is 6.39. The Morgan fingerprint density at radius 3 is 1.09 bits per heavy atom. The molecule has 1 unspecified atom stereocenters. The summed E-state index contributed by atoms with van der Waals surface area (Å²) in [6.45, 7) is 2.28. The Kier molecular flexibility index (Phi) is 34.2. The van der Waals surface area contributed by atoms with Gasteiger partial charge in [-0.05, 0) is 6.42 Å². The molecule has 2 N–H and O–H groups in total. The molecule has 0 amide bonds. The predicted molar refractivity (Wildman–Crippen MR) is 108 cm³/mol. The van der Waals surface area contributed by atoms with Gasteiger partial charge in [0.25, 0.3) is 0 Å². The molecule has 0 fully saturated rings. The molecule has 0 aromatic carbocycles. The molecule has 0 saturated heterocycles. The third-order valence-corrected chi connectivity index (χ3v) is 4.89. The van der Waals surface area contributed by atoms with E-state index >= 15 is 0 Å². The van der Waals surface area contributed by atoms with E-state index < -0.39 is 11.0 Å². The van der Waals surface area contributed by atoms with Crippen LogP contribution in [0.15, 0.2) is 0 Å². The Balaban J connectivity index is -0.00000200. The van der Waals surface area contributed by atoms with Gasteiger partial charge in [0.15, 0.2) is 0 Å². The van der Waals surface area contributed by atoms with Gasteiger partial charge in [0.1, 0.15) is 0 Å². The number of hydrogen-bond acceptors (Lipinski definition) is 1. The normalized spacial score (nSPS) is 11.6. The van der Waals surface area contributed by atoms with Gasteiger partial charge < -0.3 is 0 Å². The van der Waals surface area contributed by atoms with Gasteiger partial charge in [-0.3, -0.25) is 5.14 Å². The molecule has 0 rings (SSSR count). The number of unbranched alkanes of at least 4 members (excludes halogenated alkanes) is 15. The fourth-order valence-electron chi connectivity index (χ4n) is 2.79. The minimum absolute atomic E-state index is 0.